The van der Waals surface area contributed by atoms with Crippen LogP contribution in [-0.4, -0.2) is 20.9 Å². The van der Waals surface area contributed by atoms with Crippen molar-refractivity contribution < 1.29 is 14.0 Å². The van der Waals surface area contributed by atoms with Crippen molar-refractivity contribution in [3.63, 3.8) is 0 Å². The minimum atomic E-state index is -1.65. The van der Waals surface area contributed by atoms with Gasteiger partial charge in [-0.3, -0.25) is 0 Å². The van der Waals surface area contributed by atoms with Gasteiger partial charge >= 0.3 is 5.97 Å². The molecule has 128 valence electrons. The molecule has 0 heterocycles. The Balaban J connectivity index is 2.18. The molecule has 0 N–H and O–H groups in total. The quantitative estimate of drug-likeness (QED) is 0.287. The lowest BCUT2D eigenvalue weighted by molar-refractivity contribution is -0.139. The molecule has 0 saturated carbocycles. The lowest BCUT2D eigenvalue weighted by Gasteiger charge is -2.36. The topological polar surface area (TPSA) is 35.5 Å². The van der Waals surface area contributed by atoms with Gasteiger partial charge in [0.05, 0.1) is 0 Å². The Labute approximate surface area is 141 Å². The monoisotopic (exact) mass is 334 g/mol. The fraction of sp³-hybridized carbons (Fsp3) is 0.526. The third-order valence-electron chi connectivity index (χ3n) is 4.26. The molecule has 0 aliphatic rings. The van der Waals surface area contributed by atoms with Gasteiger partial charge in [-0.15, -0.1) is 0 Å². The summed E-state index contributed by atoms with van der Waals surface area (Å²) in [5.74, 6) is -0.292. The highest BCUT2D eigenvalue weighted by molar-refractivity contribution is 6.74. The second kappa shape index (κ2) is 9.04. The molecule has 0 saturated heterocycles. The molecule has 0 amide bonds. The number of carbonyl (C=O) groups excluding carboxylic acids is 1. The number of benzene rings is 1. The summed E-state index contributed by atoms with van der Waals surface area (Å²) in [5, 5.41) is 0.240. The van der Waals surface area contributed by atoms with E-state index in [1.807, 2.05) is 36.4 Å². The van der Waals surface area contributed by atoms with Crippen LogP contribution in [0.4, 0.5) is 0 Å². The Bertz CT molecular complexity index is 501. The van der Waals surface area contributed by atoms with Gasteiger partial charge in [-0.1, -0.05) is 57.2 Å². The predicted octanol–water partition coefficient (Wildman–Crippen LogP) is 5.09. The van der Waals surface area contributed by atoms with Crippen LogP contribution in [-0.2, 0) is 20.6 Å². The van der Waals surface area contributed by atoms with E-state index in [1.54, 1.807) is 0 Å². The summed E-state index contributed by atoms with van der Waals surface area (Å²) < 4.78 is 11.3. The van der Waals surface area contributed by atoms with E-state index in [9.17, 15) is 4.79 Å². The van der Waals surface area contributed by atoms with Crippen LogP contribution in [0.25, 0.3) is 0 Å². The van der Waals surface area contributed by atoms with E-state index in [4.69, 9.17) is 9.16 Å². The van der Waals surface area contributed by atoms with Gasteiger partial charge in [-0.2, -0.15) is 0 Å². The Hall–Kier alpha value is -1.39. The SMILES string of the molecule is CC(C)(C)[Si](C)(C)OCCC/C=C/C(=O)OCc1ccccc1. The van der Waals surface area contributed by atoms with Crippen LogP contribution in [0.15, 0.2) is 42.5 Å². The third-order valence-corrected chi connectivity index (χ3v) is 8.80. The summed E-state index contributed by atoms with van der Waals surface area (Å²) in [7, 11) is -1.65. The maximum absolute atomic E-state index is 11.6. The molecule has 3 nitrogen and oxygen atoms in total. The van der Waals surface area contributed by atoms with Crippen LogP contribution in [0, 0.1) is 0 Å². The Morgan fingerprint density at radius 3 is 2.43 bits per heavy atom. The van der Waals surface area contributed by atoms with Crippen molar-refractivity contribution in [2.24, 2.45) is 0 Å². The van der Waals surface area contributed by atoms with Gasteiger partial charge in [-0.25, -0.2) is 4.79 Å². The van der Waals surface area contributed by atoms with Crippen LogP contribution >= 0.6 is 0 Å². The second-order valence-corrected chi connectivity index (χ2v) is 12.1. The van der Waals surface area contributed by atoms with Crippen LogP contribution in [0.1, 0.15) is 39.2 Å². The Morgan fingerprint density at radius 1 is 1.17 bits per heavy atom. The molecular formula is C19H30O3Si. The van der Waals surface area contributed by atoms with Crippen molar-refractivity contribution >= 4 is 14.3 Å². The predicted molar refractivity (Wildman–Crippen MR) is 97.8 cm³/mol. The van der Waals surface area contributed by atoms with Crippen molar-refractivity contribution in [3.05, 3.63) is 48.0 Å². The number of allylic oxidation sites excluding steroid dienone is 1. The number of rotatable bonds is 8. The summed E-state index contributed by atoms with van der Waals surface area (Å²) in [6.07, 6.45) is 5.13. The zero-order valence-corrected chi connectivity index (χ0v) is 16.1. The van der Waals surface area contributed by atoms with Crippen LogP contribution < -0.4 is 0 Å². The van der Waals surface area contributed by atoms with Gasteiger partial charge in [0.2, 0.25) is 0 Å². The van der Waals surface area contributed by atoms with Crippen molar-refractivity contribution in [2.75, 3.05) is 6.61 Å². The largest absolute Gasteiger partial charge is 0.458 e. The Morgan fingerprint density at radius 2 is 1.83 bits per heavy atom. The van der Waals surface area contributed by atoms with E-state index in [-0.39, 0.29) is 11.0 Å². The molecule has 1 aromatic rings. The average Bonchev–Trinajstić information content (AvgIpc) is 2.48. The number of unbranched alkanes of at least 4 members (excludes halogenated alkanes) is 1. The summed E-state index contributed by atoms with van der Waals surface area (Å²) in [4.78, 5) is 11.6. The lowest BCUT2D eigenvalue weighted by Crippen LogP contribution is -2.40. The second-order valence-electron chi connectivity index (χ2n) is 7.25. The van der Waals surface area contributed by atoms with Gasteiger partial charge < -0.3 is 9.16 Å². The highest BCUT2D eigenvalue weighted by Gasteiger charge is 2.36. The summed E-state index contributed by atoms with van der Waals surface area (Å²) in [5.41, 5.74) is 0.997. The van der Waals surface area contributed by atoms with Crippen molar-refractivity contribution in [2.45, 2.75) is 58.4 Å². The molecule has 0 aliphatic heterocycles. The van der Waals surface area contributed by atoms with E-state index in [0.717, 1.165) is 25.0 Å². The zero-order chi connectivity index (χ0) is 17.3. The minimum Gasteiger partial charge on any atom is -0.458 e. The normalized spacial score (nSPS) is 12.6. The molecule has 0 bridgehead atoms. The standard InChI is InChI=1S/C19H30O3Si/c1-19(2,3)23(4,5)22-15-11-7-10-14-18(20)21-16-17-12-8-6-9-13-17/h6,8-10,12-14H,7,11,15-16H2,1-5H3/b14-10+. The van der Waals surface area contributed by atoms with Crippen LogP contribution in [0.3, 0.4) is 0 Å². The van der Waals surface area contributed by atoms with E-state index >= 15 is 0 Å². The molecule has 1 rings (SSSR count). The average molecular weight is 335 g/mol. The first kappa shape index (κ1) is 19.7. The van der Waals surface area contributed by atoms with Gasteiger partial charge in [0, 0.05) is 12.7 Å². The van der Waals surface area contributed by atoms with Gasteiger partial charge in [0.25, 0.3) is 0 Å². The molecule has 0 aliphatic carbocycles. The number of ether oxygens (including phenoxy) is 1. The molecule has 0 aromatic heterocycles. The molecule has 4 heteroatoms. The van der Waals surface area contributed by atoms with E-state index in [1.165, 1.54) is 6.08 Å². The van der Waals surface area contributed by atoms with Crippen LogP contribution in [0.5, 0.6) is 0 Å². The summed E-state index contributed by atoms with van der Waals surface area (Å²) in [6.45, 7) is 12.3. The first-order chi connectivity index (χ1) is 10.7. The summed E-state index contributed by atoms with van der Waals surface area (Å²) >= 11 is 0. The highest BCUT2D eigenvalue weighted by Crippen LogP contribution is 2.36. The first-order valence-electron chi connectivity index (χ1n) is 8.23. The zero-order valence-electron chi connectivity index (χ0n) is 15.1. The first-order valence-corrected chi connectivity index (χ1v) is 11.1. The van der Waals surface area contributed by atoms with Gasteiger partial charge in [0.1, 0.15) is 6.61 Å². The third kappa shape index (κ3) is 7.62. The minimum absolute atomic E-state index is 0.240. The molecule has 0 radical (unpaired) electrons. The number of esters is 1. The fourth-order valence-electron chi connectivity index (χ4n) is 1.70. The van der Waals surface area contributed by atoms with Crippen molar-refractivity contribution in [3.8, 4) is 0 Å². The van der Waals surface area contributed by atoms with Crippen molar-refractivity contribution in [1.82, 2.24) is 0 Å². The molecule has 0 fully saturated rings. The van der Waals surface area contributed by atoms with Gasteiger partial charge in [-0.05, 0) is 36.5 Å². The maximum atomic E-state index is 11.6. The number of hydrogen-bond donors (Lipinski definition) is 0. The lowest BCUT2D eigenvalue weighted by atomic mass is 10.2. The van der Waals surface area contributed by atoms with E-state index in [2.05, 4.69) is 33.9 Å². The molecule has 0 spiro atoms. The maximum Gasteiger partial charge on any atom is 0.330 e. The smallest absolute Gasteiger partial charge is 0.330 e. The number of carbonyl (C=O) groups is 1. The highest BCUT2D eigenvalue weighted by atomic mass is 28.4. The Kier molecular flexibility index (Phi) is 7.72. The van der Waals surface area contributed by atoms with Gasteiger partial charge in [0.15, 0.2) is 8.32 Å². The molecular weight excluding hydrogens is 304 g/mol. The molecule has 0 atom stereocenters. The van der Waals surface area contributed by atoms with E-state index in [0.29, 0.717) is 6.61 Å². The van der Waals surface area contributed by atoms with Crippen LogP contribution in [0.2, 0.25) is 18.1 Å². The molecule has 23 heavy (non-hydrogen) atoms. The van der Waals surface area contributed by atoms with Crippen molar-refractivity contribution in [1.29, 1.82) is 0 Å². The fourth-order valence-corrected chi connectivity index (χ4v) is 2.79. The summed E-state index contributed by atoms with van der Waals surface area (Å²) in [6, 6.07) is 9.68. The molecule has 0 unspecified atom stereocenters. The molecule has 1 aromatic carbocycles. The number of hydrogen-bond acceptors (Lipinski definition) is 3. The van der Waals surface area contributed by atoms with E-state index < -0.39 is 8.32 Å².